The number of hydrogen-bond donors (Lipinski definition) is 0. The van der Waals surface area contributed by atoms with Gasteiger partial charge in [-0.2, -0.15) is 0 Å². The Morgan fingerprint density at radius 2 is 1.87 bits per heavy atom. The molecule has 0 radical (unpaired) electrons. The number of hydrogen-bond acceptors (Lipinski definition) is 2. The van der Waals surface area contributed by atoms with Crippen LogP contribution in [0.4, 0.5) is 0 Å². The third kappa shape index (κ3) is 1.78. The zero-order chi connectivity index (χ0) is 11.2. The molecule has 2 heteroatoms. The number of aromatic nitrogens is 1. The van der Waals surface area contributed by atoms with Crippen molar-refractivity contribution in [2.75, 3.05) is 0 Å². The maximum Gasteiger partial charge on any atom is 0.0850 e. The lowest BCUT2D eigenvalue weighted by molar-refractivity contribution is 0.596. The lowest BCUT2D eigenvalue weighted by Crippen LogP contribution is -2.10. The zero-order valence-electron chi connectivity index (χ0n) is 10.0. The van der Waals surface area contributed by atoms with Crippen LogP contribution in [0.1, 0.15) is 37.6 Å². The largest absolute Gasteiger partial charge is 0.252 e. The Morgan fingerprint density at radius 1 is 1.20 bits per heavy atom. The molecule has 1 nitrogen and oxygen atoms in total. The quantitative estimate of drug-likeness (QED) is 0.646. The van der Waals surface area contributed by atoms with Gasteiger partial charge in [-0.1, -0.05) is 20.8 Å². The van der Waals surface area contributed by atoms with Crippen molar-refractivity contribution >= 4 is 21.6 Å². The first-order valence-corrected chi connectivity index (χ1v) is 6.13. The van der Waals surface area contributed by atoms with Gasteiger partial charge in [-0.05, 0) is 41.8 Å². The molecule has 2 rings (SSSR count). The fraction of sp³-hybridized carbons (Fsp3) is 0.462. The van der Waals surface area contributed by atoms with Crippen LogP contribution in [-0.2, 0) is 5.41 Å². The fourth-order valence-electron chi connectivity index (χ4n) is 1.67. The predicted molar refractivity (Wildman–Crippen MR) is 67.8 cm³/mol. The maximum atomic E-state index is 4.71. The summed E-state index contributed by atoms with van der Waals surface area (Å²) in [7, 11) is 0. The highest BCUT2D eigenvalue weighted by Crippen LogP contribution is 2.34. The third-order valence-electron chi connectivity index (χ3n) is 2.80. The van der Waals surface area contributed by atoms with Crippen LogP contribution in [0.25, 0.3) is 10.2 Å². The molecule has 80 valence electrons. The summed E-state index contributed by atoms with van der Waals surface area (Å²) in [6.07, 6.45) is 0. The van der Waals surface area contributed by atoms with Gasteiger partial charge in [0.2, 0.25) is 0 Å². The molecule has 0 N–H and O–H groups in total. The summed E-state index contributed by atoms with van der Waals surface area (Å²) in [6.45, 7) is 10.9. The van der Waals surface area contributed by atoms with E-state index in [2.05, 4.69) is 46.1 Å². The second-order valence-electron chi connectivity index (χ2n) is 5.14. The Hall–Kier alpha value is -0.890. The number of pyridine rings is 1. The summed E-state index contributed by atoms with van der Waals surface area (Å²) in [5.74, 6) is 0. The smallest absolute Gasteiger partial charge is 0.0850 e. The van der Waals surface area contributed by atoms with Crippen molar-refractivity contribution in [2.24, 2.45) is 0 Å². The molecule has 2 aromatic heterocycles. The first-order chi connectivity index (χ1) is 6.89. The van der Waals surface area contributed by atoms with Gasteiger partial charge in [-0.25, -0.2) is 0 Å². The van der Waals surface area contributed by atoms with Crippen LogP contribution < -0.4 is 0 Å². The molecule has 2 heterocycles. The Bertz CT molecular complexity index is 503. The highest BCUT2D eigenvalue weighted by molar-refractivity contribution is 7.17. The van der Waals surface area contributed by atoms with Crippen LogP contribution in [0, 0.1) is 13.8 Å². The molecule has 0 aliphatic carbocycles. The van der Waals surface area contributed by atoms with Crippen molar-refractivity contribution in [1.82, 2.24) is 4.98 Å². The van der Waals surface area contributed by atoms with Gasteiger partial charge in [0.15, 0.2) is 0 Å². The van der Waals surface area contributed by atoms with Gasteiger partial charge in [-0.3, -0.25) is 4.98 Å². The molecule has 0 spiro atoms. The van der Waals surface area contributed by atoms with E-state index >= 15 is 0 Å². The Labute approximate surface area is 95.2 Å². The molecule has 0 unspecified atom stereocenters. The monoisotopic (exact) mass is 219 g/mol. The molecular formula is C13H17NS. The lowest BCUT2D eigenvalue weighted by atomic mass is 9.88. The highest BCUT2D eigenvalue weighted by Gasteiger charge is 2.19. The molecule has 0 aliphatic rings. The van der Waals surface area contributed by atoms with Crippen LogP contribution in [-0.4, -0.2) is 4.98 Å². The standard InChI is InChI=1S/C13H17NS/c1-8-6-11-12(14-9(8)2)10(7-15-11)13(3,4)5/h6-7H,1-5H3. The average molecular weight is 219 g/mol. The van der Waals surface area contributed by atoms with Crippen molar-refractivity contribution in [1.29, 1.82) is 0 Å². The van der Waals surface area contributed by atoms with Gasteiger partial charge < -0.3 is 0 Å². The van der Waals surface area contributed by atoms with E-state index in [-0.39, 0.29) is 5.41 Å². The minimum absolute atomic E-state index is 0.187. The van der Waals surface area contributed by atoms with Crippen LogP contribution in [0.3, 0.4) is 0 Å². The van der Waals surface area contributed by atoms with Crippen molar-refractivity contribution in [3.8, 4) is 0 Å². The summed E-state index contributed by atoms with van der Waals surface area (Å²) in [5, 5.41) is 2.25. The van der Waals surface area contributed by atoms with E-state index in [4.69, 9.17) is 4.98 Å². The molecule has 15 heavy (non-hydrogen) atoms. The summed E-state index contributed by atoms with van der Waals surface area (Å²) in [5.41, 5.74) is 5.17. The van der Waals surface area contributed by atoms with E-state index in [1.165, 1.54) is 21.3 Å². The highest BCUT2D eigenvalue weighted by atomic mass is 32.1. The molecule has 0 fully saturated rings. The lowest BCUT2D eigenvalue weighted by Gasteiger charge is -2.17. The van der Waals surface area contributed by atoms with Gasteiger partial charge in [-0.15, -0.1) is 11.3 Å². The molecule has 2 aromatic rings. The third-order valence-corrected chi connectivity index (χ3v) is 3.72. The van der Waals surface area contributed by atoms with E-state index in [1.807, 2.05) is 0 Å². The molecule has 0 saturated heterocycles. The first-order valence-electron chi connectivity index (χ1n) is 5.25. The number of rotatable bonds is 0. The Kier molecular flexibility index (Phi) is 2.34. The summed E-state index contributed by atoms with van der Waals surface area (Å²) in [4.78, 5) is 4.71. The summed E-state index contributed by atoms with van der Waals surface area (Å²) in [6, 6.07) is 2.25. The Morgan fingerprint density at radius 3 is 2.47 bits per heavy atom. The second kappa shape index (κ2) is 3.31. The number of nitrogens with zero attached hydrogens (tertiary/aromatic N) is 1. The van der Waals surface area contributed by atoms with Crippen molar-refractivity contribution < 1.29 is 0 Å². The van der Waals surface area contributed by atoms with E-state index in [9.17, 15) is 0 Å². The number of aryl methyl sites for hydroxylation is 2. The van der Waals surface area contributed by atoms with Gasteiger partial charge in [0.1, 0.15) is 0 Å². The average Bonchev–Trinajstić information content (AvgIpc) is 2.47. The molecule has 0 aliphatic heterocycles. The van der Waals surface area contributed by atoms with E-state index in [0.717, 1.165) is 5.69 Å². The SMILES string of the molecule is Cc1cc2scc(C(C)(C)C)c2nc1C. The minimum Gasteiger partial charge on any atom is -0.252 e. The van der Waals surface area contributed by atoms with Crippen molar-refractivity contribution in [3.63, 3.8) is 0 Å². The normalized spacial score (nSPS) is 12.3. The van der Waals surface area contributed by atoms with E-state index in [0.29, 0.717) is 0 Å². The van der Waals surface area contributed by atoms with Crippen molar-refractivity contribution in [3.05, 3.63) is 28.3 Å². The molecule has 0 amide bonds. The summed E-state index contributed by atoms with van der Waals surface area (Å²) >= 11 is 1.80. The molecular weight excluding hydrogens is 202 g/mol. The predicted octanol–water partition coefficient (Wildman–Crippen LogP) is 4.21. The fourth-order valence-corrected chi connectivity index (χ4v) is 2.90. The Balaban J connectivity index is 2.75. The number of thiophene rings is 1. The van der Waals surface area contributed by atoms with E-state index in [1.54, 1.807) is 11.3 Å². The molecule has 0 aromatic carbocycles. The van der Waals surface area contributed by atoms with E-state index < -0.39 is 0 Å². The number of fused-ring (bicyclic) bond motifs is 1. The molecule has 0 bridgehead atoms. The van der Waals surface area contributed by atoms with Crippen LogP contribution >= 0.6 is 11.3 Å². The molecule has 0 saturated carbocycles. The van der Waals surface area contributed by atoms with Gasteiger partial charge in [0.05, 0.1) is 10.2 Å². The molecule has 0 atom stereocenters. The first kappa shape index (κ1) is 10.6. The van der Waals surface area contributed by atoms with Gasteiger partial charge >= 0.3 is 0 Å². The maximum absolute atomic E-state index is 4.71. The van der Waals surface area contributed by atoms with Gasteiger partial charge in [0.25, 0.3) is 0 Å². The van der Waals surface area contributed by atoms with Crippen LogP contribution in [0.2, 0.25) is 0 Å². The van der Waals surface area contributed by atoms with Gasteiger partial charge in [0, 0.05) is 5.69 Å². The topological polar surface area (TPSA) is 12.9 Å². The second-order valence-corrected chi connectivity index (χ2v) is 6.05. The minimum atomic E-state index is 0.187. The van der Waals surface area contributed by atoms with Crippen molar-refractivity contribution in [2.45, 2.75) is 40.0 Å². The van der Waals surface area contributed by atoms with Crippen LogP contribution in [0.5, 0.6) is 0 Å². The summed E-state index contributed by atoms with van der Waals surface area (Å²) < 4.78 is 1.31. The zero-order valence-corrected chi connectivity index (χ0v) is 10.8. The van der Waals surface area contributed by atoms with Crippen LogP contribution in [0.15, 0.2) is 11.4 Å².